The zero-order chi connectivity index (χ0) is 12.0. The molecule has 1 aromatic rings. The molecule has 0 aliphatic heterocycles. The fraction of sp³-hybridized carbons (Fsp3) is 0.583. The van der Waals surface area contributed by atoms with E-state index in [0.29, 0.717) is 6.54 Å². The van der Waals surface area contributed by atoms with Crippen molar-refractivity contribution in [3.63, 3.8) is 0 Å². The Morgan fingerprint density at radius 3 is 2.94 bits per heavy atom. The Hall–Kier alpha value is -0.870. The van der Waals surface area contributed by atoms with Gasteiger partial charge in [-0.1, -0.05) is 26.3 Å². The topological polar surface area (TPSA) is 55.1 Å². The van der Waals surface area contributed by atoms with Gasteiger partial charge in [-0.3, -0.25) is 4.79 Å². The van der Waals surface area contributed by atoms with E-state index in [1.165, 1.54) is 4.88 Å². The van der Waals surface area contributed by atoms with Gasteiger partial charge < -0.3 is 11.1 Å². The molecule has 0 saturated carbocycles. The van der Waals surface area contributed by atoms with Crippen LogP contribution in [-0.4, -0.2) is 18.5 Å². The van der Waals surface area contributed by atoms with Crippen LogP contribution in [-0.2, 0) is 11.2 Å². The van der Waals surface area contributed by atoms with Crippen LogP contribution in [0.15, 0.2) is 17.5 Å². The highest BCUT2D eigenvalue weighted by molar-refractivity contribution is 7.09. The molecule has 3 N–H and O–H groups in total. The van der Waals surface area contributed by atoms with Gasteiger partial charge in [0, 0.05) is 11.4 Å². The molecule has 0 bridgehead atoms. The molecule has 0 radical (unpaired) electrons. The number of thiophene rings is 1. The maximum Gasteiger partial charge on any atom is 0.237 e. The van der Waals surface area contributed by atoms with Crippen molar-refractivity contribution in [1.29, 1.82) is 0 Å². The van der Waals surface area contributed by atoms with Crippen LogP contribution in [0.1, 0.15) is 25.1 Å². The minimum atomic E-state index is -0.381. The van der Waals surface area contributed by atoms with Crippen LogP contribution in [0.4, 0.5) is 0 Å². The van der Waals surface area contributed by atoms with Gasteiger partial charge in [0.2, 0.25) is 5.91 Å². The maximum absolute atomic E-state index is 11.6. The van der Waals surface area contributed by atoms with Gasteiger partial charge in [0.25, 0.3) is 0 Å². The summed E-state index contributed by atoms with van der Waals surface area (Å²) in [7, 11) is 0. The summed E-state index contributed by atoms with van der Waals surface area (Å²) in [5.74, 6) is 0.202. The third-order valence-electron chi connectivity index (χ3n) is 2.81. The van der Waals surface area contributed by atoms with Gasteiger partial charge in [-0.2, -0.15) is 0 Å². The molecule has 0 spiro atoms. The molecule has 0 unspecified atom stereocenters. The predicted octanol–water partition coefficient (Wildman–Crippen LogP) is 1.78. The lowest BCUT2D eigenvalue weighted by Gasteiger charge is -2.17. The van der Waals surface area contributed by atoms with Crippen LogP contribution in [0, 0.1) is 5.92 Å². The van der Waals surface area contributed by atoms with Crippen molar-refractivity contribution in [3.05, 3.63) is 22.4 Å². The number of carbonyl (C=O) groups is 1. The van der Waals surface area contributed by atoms with E-state index in [2.05, 4.69) is 11.4 Å². The lowest BCUT2D eigenvalue weighted by molar-refractivity contribution is -0.123. The van der Waals surface area contributed by atoms with Gasteiger partial charge in [0.1, 0.15) is 0 Å². The van der Waals surface area contributed by atoms with Crippen LogP contribution in [0.25, 0.3) is 0 Å². The summed E-state index contributed by atoms with van der Waals surface area (Å²) in [6.07, 6.45) is 1.82. The normalized spacial score (nSPS) is 14.4. The van der Waals surface area contributed by atoms with Gasteiger partial charge in [0.15, 0.2) is 0 Å². The lowest BCUT2D eigenvalue weighted by atomic mass is 9.99. The number of nitrogens with two attached hydrogens (primary N) is 1. The molecule has 1 aromatic heterocycles. The average Bonchev–Trinajstić information content (AvgIpc) is 2.79. The van der Waals surface area contributed by atoms with Crippen molar-refractivity contribution in [1.82, 2.24) is 5.32 Å². The highest BCUT2D eigenvalue weighted by Crippen LogP contribution is 2.08. The Balaban J connectivity index is 2.24. The number of carbonyl (C=O) groups excluding carboxylic acids is 1. The van der Waals surface area contributed by atoms with E-state index in [4.69, 9.17) is 5.73 Å². The molecule has 0 saturated heterocycles. The minimum absolute atomic E-state index is 0.0362. The Morgan fingerprint density at radius 1 is 1.62 bits per heavy atom. The van der Waals surface area contributed by atoms with Gasteiger partial charge in [0.05, 0.1) is 6.04 Å². The molecule has 1 heterocycles. The van der Waals surface area contributed by atoms with E-state index >= 15 is 0 Å². The third kappa shape index (κ3) is 3.94. The summed E-state index contributed by atoms with van der Waals surface area (Å²) >= 11 is 1.71. The fourth-order valence-corrected chi connectivity index (χ4v) is 2.10. The first-order valence-electron chi connectivity index (χ1n) is 5.70. The van der Waals surface area contributed by atoms with Crippen LogP contribution in [0.2, 0.25) is 0 Å². The first-order chi connectivity index (χ1) is 7.65. The highest BCUT2D eigenvalue weighted by Gasteiger charge is 2.18. The standard InChI is InChI=1S/C12H20N2OS/c1-3-9(2)11(13)12(15)14-7-6-10-5-4-8-16-10/h4-5,8-9,11H,3,6-7,13H2,1-2H3,(H,14,15)/t9-,11-/m0/s1. The molecule has 90 valence electrons. The summed E-state index contributed by atoms with van der Waals surface area (Å²) in [6.45, 7) is 4.72. The van der Waals surface area contributed by atoms with Gasteiger partial charge in [-0.25, -0.2) is 0 Å². The Kier molecular flexibility index (Phi) is 5.49. The summed E-state index contributed by atoms with van der Waals surface area (Å²) in [5.41, 5.74) is 5.82. The molecule has 16 heavy (non-hydrogen) atoms. The molecule has 2 atom stereocenters. The largest absolute Gasteiger partial charge is 0.354 e. The average molecular weight is 240 g/mol. The first kappa shape index (κ1) is 13.2. The summed E-state index contributed by atoms with van der Waals surface area (Å²) in [5, 5.41) is 4.92. The second-order valence-corrected chi connectivity index (χ2v) is 5.06. The number of hydrogen-bond donors (Lipinski definition) is 2. The molecule has 0 aromatic carbocycles. The van der Waals surface area contributed by atoms with E-state index < -0.39 is 0 Å². The lowest BCUT2D eigenvalue weighted by Crippen LogP contribution is -2.45. The van der Waals surface area contributed by atoms with Crippen LogP contribution < -0.4 is 11.1 Å². The van der Waals surface area contributed by atoms with Crippen LogP contribution in [0.3, 0.4) is 0 Å². The van der Waals surface area contributed by atoms with Crippen molar-refractivity contribution in [2.24, 2.45) is 11.7 Å². The van der Waals surface area contributed by atoms with Crippen LogP contribution >= 0.6 is 11.3 Å². The second-order valence-electron chi connectivity index (χ2n) is 4.03. The van der Waals surface area contributed by atoms with E-state index in [1.54, 1.807) is 11.3 Å². The Bertz CT molecular complexity index is 311. The molecular formula is C12H20N2OS. The molecule has 4 heteroatoms. The van der Waals surface area contributed by atoms with Gasteiger partial charge in [-0.15, -0.1) is 11.3 Å². The molecule has 0 aliphatic rings. The van der Waals surface area contributed by atoms with Crippen molar-refractivity contribution in [2.45, 2.75) is 32.7 Å². The highest BCUT2D eigenvalue weighted by atomic mass is 32.1. The Morgan fingerprint density at radius 2 is 2.38 bits per heavy atom. The molecule has 1 rings (SSSR count). The zero-order valence-electron chi connectivity index (χ0n) is 9.90. The van der Waals surface area contributed by atoms with Crippen molar-refractivity contribution in [3.8, 4) is 0 Å². The molecular weight excluding hydrogens is 220 g/mol. The molecule has 3 nitrogen and oxygen atoms in total. The monoisotopic (exact) mass is 240 g/mol. The predicted molar refractivity (Wildman–Crippen MR) is 68.5 cm³/mol. The number of nitrogens with one attached hydrogen (secondary N) is 1. The number of amides is 1. The minimum Gasteiger partial charge on any atom is -0.354 e. The number of rotatable bonds is 6. The van der Waals surface area contributed by atoms with E-state index in [1.807, 2.05) is 25.3 Å². The van der Waals surface area contributed by atoms with Crippen molar-refractivity contribution >= 4 is 17.2 Å². The fourth-order valence-electron chi connectivity index (χ4n) is 1.39. The maximum atomic E-state index is 11.6. The van der Waals surface area contributed by atoms with Gasteiger partial charge in [-0.05, 0) is 23.8 Å². The molecule has 0 fully saturated rings. The smallest absolute Gasteiger partial charge is 0.237 e. The zero-order valence-corrected chi connectivity index (χ0v) is 10.7. The van der Waals surface area contributed by atoms with E-state index in [-0.39, 0.29) is 17.9 Å². The third-order valence-corrected chi connectivity index (χ3v) is 3.75. The SMILES string of the molecule is CC[C@H](C)[C@H](N)C(=O)NCCc1cccs1. The summed E-state index contributed by atoms with van der Waals surface area (Å²) < 4.78 is 0. The van der Waals surface area contributed by atoms with Gasteiger partial charge >= 0.3 is 0 Å². The summed E-state index contributed by atoms with van der Waals surface area (Å²) in [6, 6.07) is 3.71. The van der Waals surface area contributed by atoms with Crippen molar-refractivity contribution < 1.29 is 4.79 Å². The molecule has 0 aliphatic carbocycles. The summed E-state index contributed by atoms with van der Waals surface area (Å²) in [4.78, 5) is 12.9. The van der Waals surface area contributed by atoms with E-state index in [0.717, 1.165) is 12.8 Å². The Labute approximate surface area is 101 Å². The molecule has 1 amide bonds. The van der Waals surface area contributed by atoms with Crippen molar-refractivity contribution in [2.75, 3.05) is 6.54 Å². The van der Waals surface area contributed by atoms with E-state index in [9.17, 15) is 4.79 Å². The van der Waals surface area contributed by atoms with Crippen LogP contribution in [0.5, 0.6) is 0 Å². The second kappa shape index (κ2) is 6.66. The number of hydrogen-bond acceptors (Lipinski definition) is 3. The quantitative estimate of drug-likeness (QED) is 0.796. The first-order valence-corrected chi connectivity index (χ1v) is 6.58.